The third-order valence-electron chi connectivity index (χ3n) is 2.85. The molecule has 2 aromatic rings. The van der Waals surface area contributed by atoms with Crippen LogP contribution < -0.4 is 0 Å². The minimum Gasteiger partial charge on any atom is -0.333 e. The third-order valence-corrected chi connectivity index (χ3v) is 3.81. The first-order valence-corrected chi connectivity index (χ1v) is 7.28. The average Bonchev–Trinajstić information content (AvgIpc) is 2.76. The molecule has 0 saturated carbocycles. The molecule has 0 aliphatic carbocycles. The third kappa shape index (κ3) is 3.35. The number of nitrogens with one attached hydrogen (secondary N) is 1. The maximum Gasteiger partial charge on any atom is 0.166 e. The topological polar surface area (TPSA) is 45.8 Å². The van der Waals surface area contributed by atoms with Gasteiger partial charge in [0.05, 0.1) is 11.0 Å². The summed E-state index contributed by atoms with van der Waals surface area (Å²) >= 11 is 1.69. The summed E-state index contributed by atoms with van der Waals surface area (Å²) in [5.41, 5.74) is 3.33. The number of benzene rings is 1. The number of carbonyl (C=O) groups is 1. The van der Waals surface area contributed by atoms with Gasteiger partial charge in [-0.2, -0.15) is 0 Å². The molecule has 0 spiro atoms. The molecule has 4 heteroatoms. The number of imidazole rings is 1. The Labute approximate surface area is 111 Å². The van der Waals surface area contributed by atoms with Gasteiger partial charge in [-0.25, -0.2) is 4.98 Å². The molecule has 0 radical (unpaired) electrons. The van der Waals surface area contributed by atoms with E-state index in [0.29, 0.717) is 18.6 Å². The normalized spacial score (nSPS) is 11.0. The summed E-state index contributed by atoms with van der Waals surface area (Å²) in [4.78, 5) is 19.0. The van der Waals surface area contributed by atoms with Crippen molar-refractivity contribution in [1.29, 1.82) is 0 Å². The van der Waals surface area contributed by atoms with Crippen LogP contribution in [0.5, 0.6) is 0 Å². The van der Waals surface area contributed by atoms with Gasteiger partial charge in [0.15, 0.2) is 5.16 Å². The summed E-state index contributed by atoms with van der Waals surface area (Å²) in [6.07, 6.45) is 2.25. The quantitative estimate of drug-likeness (QED) is 0.637. The molecule has 0 unspecified atom stereocenters. The van der Waals surface area contributed by atoms with E-state index in [0.717, 1.165) is 28.4 Å². The van der Waals surface area contributed by atoms with Gasteiger partial charge >= 0.3 is 0 Å². The van der Waals surface area contributed by atoms with Gasteiger partial charge in [0, 0.05) is 18.6 Å². The number of Topliss-reactive ketones (excluding diaryl/α,β-unsaturated/α-hetero) is 1. The lowest BCUT2D eigenvalue weighted by Crippen LogP contribution is -1.95. The summed E-state index contributed by atoms with van der Waals surface area (Å²) in [5, 5.41) is 0.944. The van der Waals surface area contributed by atoms with Crippen molar-refractivity contribution in [2.45, 2.75) is 38.3 Å². The maximum atomic E-state index is 11.2. The number of carbonyl (C=O) groups excluding carboxylic acids is 1. The Balaban J connectivity index is 1.90. The summed E-state index contributed by atoms with van der Waals surface area (Å²) in [6.45, 7) is 3.99. The van der Waals surface area contributed by atoms with E-state index in [9.17, 15) is 4.79 Å². The number of aromatic nitrogens is 2. The number of H-pyrrole nitrogens is 1. The van der Waals surface area contributed by atoms with Crippen LogP contribution in [0.1, 0.15) is 31.7 Å². The summed E-state index contributed by atoms with van der Waals surface area (Å²) < 4.78 is 0. The van der Waals surface area contributed by atoms with E-state index in [-0.39, 0.29) is 0 Å². The van der Waals surface area contributed by atoms with Crippen molar-refractivity contribution in [3.63, 3.8) is 0 Å². The van der Waals surface area contributed by atoms with Gasteiger partial charge in [-0.3, -0.25) is 4.79 Å². The SMILES string of the molecule is CCC(=O)CCCSc1nc2ccc(C)cc2[nH]1. The molecule has 18 heavy (non-hydrogen) atoms. The summed E-state index contributed by atoms with van der Waals surface area (Å²) in [6, 6.07) is 6.20. The number of fused-ring (bicyclic) bond motifs is 1. The predicted molar refractivity (Wildman–Crippen MR) is 76.1 cm³/mol. The molecule has 0 saturated heterocycles. The molecule has 0 bridgehead atoms. The first-order valence-electron chi connectivity index (χ1n) is 6.30. The standard InChI is InChI=1S/C14H18N2OS/c1-3-11(17)5-4-8-18-14-15-12-7-6-10(2)9-13(12)16-14/h6-7,9H,3-5,8H2,1-2H3,(H,15,16). The van der Waals surface area contributed by atoms with Crippen molar-refractivity contribution in [2.75, 3.05) is 5.75 Å². The molecule has 96 valence electrons. The number of ketones is 1. The highest BCUT2D eigenvalue weighted by molar-refractivity contribution is 7.99. The lowest BCUT2D eigenvalue weighted by atomic mass is 10.2. The van der Waals surface area contributed by atoms with E-state index < -0.39 is 0 Å². The van der Waals surface area contributed by atoms with Crippen LogP contribution in [0.4, 0.5) is 0 Å². The molecular formula is C14H18N2OS. The Morgan fingerprint density at radius 2 is 2.28 bits per heavy atom. The molecular weight excluding hydrogens is 244 g/mol. The van der Waals surface area contributed by atoms with Crippen LogP contribution in [0.3, 0.4) is 0 Å². The number of aryl methyl sites for hydroxylation is 1. The molecule has 0 aliphatic rings. The van der Waals surface area contributed by atoms with Crippen LogP contribution in [-0.2, 0) is 4.79 Å². The molecule has 1 heterocycles. The monoisotopic (exact) mass is 262 g/mol. The fourth-order valence-corrected chi connectivity index (χ4v) is 2.61. The van der Waals surface area contributed by atoms with Crippen molar-refractivity contribution in [3.05, 3.63) is 23.8 Å². The van der Waals surface area contributed by atoms with Gasteiger partial charge in [-0.05, 0) is 31.0 Å². The second kappa shape index (κ2) is 6.05. The van der Waals surface area contributed by atoms with Crippen molar-refractivity contribution < 1.29 is 4.79 Å². The second-order valence-corrected chi connectivity index (χ2v) is 5.49. The second-order valence-electron chi connectivity index (χ2n) is 4.41. The zero-order valence-corrected chi connectivity index (χ0v) is 11.6. The van der Waals surface area contributed by atoms with Crippen LogP contribution in [0.25, 0.3) is 11.0 Å². The van der Waals surface area contributed by atoms with Gasteiger partial charge < -0.3 is 4.98 Å². The highest BCUT2D eigenvalue weighted by Crippen LogP contribution is 2.21. The van der Waals surface area contributed by atoms with Gasteiger partial charge in [-0.1, -0.05) is 24.8 Å². The first-order chi connectivity index (χ1) is 8.69. The van der Waals surface area contributed by atoms with Crippen molar-refractivity contribution in [1.82, 2.24) is 9.97 Å². The Morgan fingerprint density at radius 3 is 3.06 bits per heavy atom. The van der Waals surface area contributed by atoms with E-state index in [1.807, 2.05) is 13.0 Å². The minimum absolute atomic E-state index is 0.343. The van der Waals surface area contributed by atoms with Gasteiger partial charge in [-0.15, -0.1) is 0 Å². The van der Waals surface area contributed by atoms with E-state index >= 15 is 0 Å². The Bertz CT molecular complexity index is 548. The highest BCUT2D eigenvalue weighted by Gasteiger charge is 2.04. The van der Waals surface area contributed by atoms with Crippen LogP contribution in [0, 0.1) is 6.92 Å². The summed E-state index contributed by atoms with van der Waals surface area (Å²) in [5.74, 6) is 1.28. The maximum absolute atomic E-state index is 11.2. The number of hydrogen-bond donors (Lipinski definition) is 1. The first kappa shape index (κ1) is 13.1. The van der Waals surface area contributed by atoms with E-state index in [1.54, 1.807) is 11.8 Å². The number of hydrogen-bond acceptors (Lipinski definition) is 3. The van der Waals surface area contributed by atoms with E-state index in [1.165, 1.54) is 5.56 Å². The molecule has 1 aromatic carbocycles. The largest absolute Gasteiger partial charge is 0.333 e. The molecule has 1 N–H and O–H groups in total. The van der Waals surface area contributed by atoms with E-state index in [2.05, 4.69) is 29.0 Å². The number of aromatic amines is 1. The predicted octanol–water partition coefficient (Wildman–Crippen LogP) is 3.72. The zero-order chi connectivity index (χ0) is 13.0. The van der Waals surface area contributed by atoms with Crippen LogP contribution in [0.15, 0.2) is 23.4 Å². The van der Waals surface area contributed by atoms with Crippen LogP contribution >= 0.6 is 11.8 Å². The number of nitrogens with zero attached hydrogens (tertiary/aromatic N) is 1. The fraction of sp³-hybridized carbons (Fsp3) is 0.429. The Morgan fingerprint density at radius 1 is 1.44 bits per heavy atom. The molecule has 3 nitrogen and oxygen atoms in total. The van der Waals surface area contributed by atoms with Gasteiger partial charge in [0.25, 0.3) is 0 Å². The smallest absolute Gasteiger partial charge is 0.166 e. The van der Waals surface area contributed by atoms with Crippen molar-refractivity contribution in [2.24, 2.45) is 0 Å². The van der Waals surface area contributed by atoms with Crippen LogP contribution in [-0.4, -0.2) is 21.5 Å². The molecule has 2 rings (SSSR count). The lowest BCUT2D eigenvalue weighted by molar-refractivity contribution is -0.118. The molecule has 0 atom stereocenters. The van der Waals surface area contributed by atoms with Gasteiger partial charge in [0.1, 0.15) is 5.78 Å². The molecule has 0 aliphatic heterocycles. The molecule has 0 amide bonds. The summed E-state index contributed by atoms with van der Waals surface area (Å²) in [7, 11) is 0. The number of rotatable bonds is 6. The average molecular weight is 262 g/mol. The van der Waals surface area contributed by atoms with Crippen molar-refractivity contribution >= 4 is 28.6 Å². The number of thioether (sulfide) groups is 1. The van der Waals surface area contributed by atoms with Crippen molar-refractivity contribution in [3.8, 4) is 0 Å². The fourth-order valence-electron chi connectivity index (χ4n) is 1.78. The minimum atomic E-state index is 0.343. The van der Waals surface area contributed by atoms with Gasteiger partial charge in [0.2, 0.25) is 0 Å². The molecule has 0 fully saturated rings. The Hall–Kier alpha value is -1.29. The molecule has 1 aromatic heterocycles. The van der Waals surface area contributed by atoms with E-state index in [4.69, 9.17) is 0 Å². The highest BCUT2D eigenvalue weighted by atomic mass is 32.2. The Kier molecular flexibility index (Phi) is 4.42. The van der Waals surface area contributed by atoms with Crippen LogP contribution in [0.2, 0.25) is 0 Å². The lowest BCUT2D eigenvalue weighted by Gasteiger charge is -1.97. The zero-order valence-electron chi connectivity index (χ0n) is 10.8.